The Morgan fingerprint density at radius 3 is 2.56 bits per heavy atom. The van der Waals surface area contributed by atoms with Gasteiger partial charge in [-0.05, 0) is 19.3 Å². The van der Waals surface area contributed by atoms with Crippen LogP contribution in [0.3, 0.4) is 0 Å². The molecule has 0 aromatic carbocycles. The van der Waals surface area contributed by atoms with Crippen LogP contribution < -0.4 is 5.32 Å². The Labute approximate surface area is 108 Å². The summed E-state index contributed by atoms with van der Waals surface area (Å²) in [4.78, 5) is 22.7. The second kappa shape index (κ2) is 7.03. The Kier molecular flexibility index (Phi) is 5.68. The zero-order valence-corrected chi connectivity index (χ0v) is 10.9. The van der Waals surface area contributed by atoms with Crippen molar-refractivity contribution in [3.8, 4) is 0 Å². The fourth-order valence-corrected chi connectivity index (χ4v) is 2.11. The molecule has 0 saturated heterocycles. The molecule has 0 aromatic rings. The van der Waals surface area contributed by atoms with Gasteiger partial charge in [0.05, 0.1) is 6.61 Å². The monoisotopic (exact) mass is 255 g/mol. The Balaban J connectivity index is 2.52. The Bertz CT molecular complexity index is 308. The molecule has 5 heteroatoms. The molecule has 0 aromatic heterocycles. The third kappa shape index (κ3) is 4.77. The summed E-state index contributed by atoms with van der Waals surface area (Å²) in [5.74, 6) is -0.386. The zero-order chi connectivity index (χ0) is 13.4. The number of alkyl carbamates (subject to hydrolysis) is 1. The van der Waals surface area contributed by atoms with Crippen molar-refractivity contribution in [2.75, 3.05) is 6.61 Å². The molecule has 0 atom stereocenters. The Morgan fingerprint density at radius 2 is 2.00 bits per heavy atom. The van der Waals surface area contributed by atoms with Gasteiger partial charge >= 0.3 is 12.1 Å². The van der Waals surface area contributed by atoms with E-state index < -0.39 is 11.8 Å². The quantitative estimate of drug-likeness (QED) is 0.355. The normalized spacial score (nSPS) is 17.6. The maximum atomic E-state index is 11.6. The molecule has 1 aliphatic rings. The first-order chi connectivity index (χ1) is 8.58. The van der Waals surface area contributed by atoms with Crippen molar-refractivity contribution in [3.63, 3.8) is 0 Å². The van der Waals surface area contributed by atoms with Crippen LogP contribution in [0.4, 0.5) is 4.79 Å². The number of amides is 1. The van der Waals surface area contributed by atoms with Gasteiger partial charge in [-0.25, -0.2) is 4.79 Å². The lowest BCUT2D eigenvalue weighted by Gasteiger charge is -2.36. The van der Waals surface area contributed by atoms with E-state index in [1.165, 1.54) is 6.92 Å². The van der Waals surface area contributed by atoms with Crippen molar-refractivity contribution in [2.45, 2.75) is 51.2 Å². The SMILES string of the molecule is C=CCCOC(=O)NC1(OC(C)=O)CCCCC1. The molecule has 0 heterocycles. The predicted octanol–water partition coefficient (Wildman–Crippen LogP) is 2.51. The van der Waals surface area contributed by atoms with Crippen LogP contribution in [0.25, 0.3) is 0 Å². The summed E-state index contributed by atoms with van der Waals surface area (Å²) in [7, 11) is 0. The second-order valence-corrected chi connectivity index (χ2v) is 4.49. The number of carbonyl (C=O) groups is 2. The number of hydrogen-bond donors (Lipinski definition) is 1. The minimum Gasteiger partial charge on any atom is -0.449 e. The molecule has 1 rings (SSSR count). The van der Waals surface area contributed by atoms with Crippen LogP contribution >= 0.6 is 0 Å². The Hall–Kier alpha value is -1.52. The molecule has 0 unspecified atom stereocenters. The summed E-state index contributed by atoms with van der Waals surface area (Å²) < 4.78 is 10.3. The summed E-state index contributed by atoms with van der Waals surface area (Å²) in [5, 5.41) is 2.68. The molecule has 1 fully saturated rings. The largest absolute Gasteiger partial charge is 0.449 e. The number of hydrogen-bond acceptors (Lipinski definition) is 4. The maximum Gasteiger partial charge on any atom is 0.410 e. The number of rotatable bonds is 5. The van der Waals surface area contributed by atoms with Crippen LogP contribution in [0.1, 0.15) is 45.4 Å². The standard InChI is InChI=1S/C13H21NO4/c1-3-4-10-17-12(16)14-13(18-11(2)15)8-6-5-7-9-13/h3H,1,4-10H2,2H3,(H,14,16). The van der Waals surface area contributed by atoms with Crippen molar-refractivity contribution in [2.24, 2.45) is 0 Å². The molecule has 1 saturated carbocycles. The van der Waals surface area contributed by atoms with E-state index in [9.17, 15) is 9.59 Å². The lowest BCUT2D eigenvalue weighted by Crippen LogP contribution is -2.52. The average Bonchev–Trinajstić information content (AvgIpc) is 2.29. The van der Waals surface area contributed by atoms with E-state index in [1.807, 2.05) is 0 Å². The van der Waals surface area contributed by atoms with E-state index in [1.54, 1.807) is 6.08 Å². The summed E-state index contributed by atoms with van der Waals surface area (Å²) >= 11 is 0. The van der Waals surface area contributed by atoms with E-state index in [4.69, 9.17) is 9.47 Å². The van der Waals surface area contributed by atoms with E-state index in [0.717, 1.165) is 19.3 Å². The third-order valence-corrected chi connectivity index (χ3v) is 2.89. The lowest BCUT2D eigenvalue weighted by molar-refractivity contribution is -0.163. The predicted molar refractivity (Wildman–Crippen MR) is 66.9 cm³/mol. The number of ether oxygens (including phenoxy) is 2. The molecule has 1 N–H and O–H groups in total. The molecule has 0 bridgehead atoms. The first-order valence-electron chi connectivity index (χ1n) is 6.33. The molecule has 1 amide bonds. The van der Waals surface area contributed by atoms with Gasteiger partial charge in [-0.3, -0.25) is 10.1 Å². The molecule has 1 aliphatic carbocycles. The average molecular weight is 255 g/mol. The first-order valence-corrected chi connectivity index (χ1v) is 6.33. The first kappa shape index (κ1) is 14.5. The van der Waals surface area contributed by atoms with Crippen LogP contribution in [-0.4, -0.2) is 24.4 Å². The molecule has 18 heavy (non-hydrogen) atoms. The summed E-state index contributed by atoms with van der Waals surface area (Å²) in [6.45, 7) is 5.18. The molecular formula is C13H21NO4. The highest BCUT2D eigenvalue weighted by Gasteiger charge is 2.37. The van der Waals surface area contributed by atoms with Crippen molar-refractivity contribution in [3.05, 3.63) is 12.7 Å². The number of carbonyl (C=O) groups excluding carboxylic acids is 2. The van der Waals surface area contributed by atoms with E-state index in [0.29, 0.717) is 19.3 Å². The highest BCUT2D eigenvalue weighted by molar-refractivity contribution is 5.70. The van der Waals surface area contributed by atoms with Crippen LogP contribution in [0.15, 0.2) is 12.7 Å². The van der Waals surface area contributed by atoms with Crippen LogP contribution in [0, 0.1) is 0 Å². The number of nitrogens with one attached hydrogen (secondary N) is 1. The lowest BCUT2D eigenvalue weighted by atomic mass is 9.91. The summed E-state index contributed by atoms with van der Waals surface area (Å²) in [6.07, 6.45) is 5.98. The van der Waals surface area contributed by atoms with Crippen molar-refractivity contribution in [1.82, 2.24) is 5.32 Å². The second-order valence-electron chi connectivity index (χ2n) is 4.49. The molecule has 5 nitrogen and oxygen atoms in total. The topological polar surface area (TPSA) is 64.6 Å². The summed E-state index contributed by atoms with van der Waals surface area (Å²) in [6, 6.07) is 0. The molecule has 0 spiro atoms. The van der Waals surface area contributed by atoms with Gasteiger partial charge in [-0.15, -0.1) is 6.58 Å². The van der Waals surface area contributed by atoms with Gasteiger partial charge in [0.1, 0.15) is 0 Å². The smallest absolute Gasteiger partial charge is 0.410 e. The van der Waals surface area contributed by atoms with Crippen molar-refractivity contribution in [1.29, 1.82) is 0 Å². The van der Waals surface area contributed by atoms with Gasteiger partial charge in [-0.2, -0.15) is 0 Å². The molecule has 0 radical (unpaired) electrons. The van der Waals surface area contributed by atoms with Gasteiger partial charge < -0.3 is 9.47 Å². The van der Waals surface area contributed by atoms with E-state index >= 15 is 0 Å². The molecule has 102 valence electrons. The minimum absolute atomic E-state index is 0.283. The van der Waals surface area contributed by atoms with Crippen molar-refractivity contribution < 1.29 is 19.1 Å². The minimum atomic E-state index is -0.880. The van der Waals surface area contributed by atoms with E-state index in [-0.39, 0.29) is 12.6 Å². The van der Waals surface area contributed by atoms with Crippen molar-refractivity contribution >= 4 is 12.1 Å². The molecular weight excluding hydrogens is 234 g/mol. The van der Waals surface area contributed by atoms with Crippen LogP contribution in [-0.2, 0) is 14.3 Å². The highest BCUT2D eigenvalue weighted by atomic mass is 16.6. The van der Waals surface area contributed by atoms with Crippen LogP contribution in [0.5, 0.6) is 0 Å². The zero-order valence-electron chi connectivity index (χ0n) is 10.9. The van der Waals surface area contributed by atoms with Crippen LogP contribution in [0.2, 0.25) is 0 Å². The fraction of sp³-hybridized carbons (Fsp3) is 0.692. The van der Waals surface area contributed by atoms with E-state index in [2.05, 4.69) is 11.9 Å². The van der Waals surface area contributed by atoms with Gasteiger partial charge in [0, 0.05) is 19.8 Å². The third-order valence-electron chi connectivity index (χ3n) is 2.89. The van der Waals surface area contributed by atoms with Gasteiger partial charge in [-0.1, -0.05) is 12.5 Å². The highest BCUT2D eigenvalue weighted by Crippen LogP contribution is 2.29. The fourth-order valence-electron chi connectivity index (χ4n) is 2.11. The van der Waals surface area contributed by atoms with Gasteiger partial charge in [0.2, 0.25) is 0 Å². The Morgan fingerprint density at radius 1 is 1.33 bits per heavy atom. The number of esters is 1. The maximum absolute atomic E-state index is 11.6. The molecule has 0 aliphatic heterocycles. The van der Waals surface area contributed by atoms with Gasteiger partial charge in [0.25, 0.3) is 0 Å². The summed E-state index contributed by atoms with van der Waals surface area (Å²) in [5.41, 5.74) is -0.880. The van der Waals surface area contributed by atoms with Gasteiger partial charge in [0.15, 0.2) is 5.72 Å².